The summed E-state index contributed by atoms with van der Waals surface area (Å²) in [6.45, 7) is 0. The molecule has 0 aliphatic carbocycles. The minimum Gasteiger partial charge on any atom is -0.463 e. The van der Waals surface area contributed by atoms with E-state index in [-0.39, 0.29) is 0 Å². The Hall–Kier alpha value is -0.970. The highest BCUT2D eigenvalue weighted by Gasteiger charge is 2.09. The van der Waals surface area contributed by atoms with Gasteiger partial charge in [0.05, 0.1) is 0 Å². The summed E-state index contributed by atoms with van der Waals surface area (Å²) in [4.78, 5) is 10.1. The lowest BCUT2D eigenvalue weighted by Gasteiger charge is -2.09. The molecule has 1 aliphatic heterocycles. The quantitative estimate of drug-likeness (QED) is 0.518. The Labute approximate surface area is 56.0 Å². The van der Waals surface area contributed by atoms with Crippen LogP contribution in [0.5, 0.6) is 0 Å². The van der Waals surface area contributed by atoms with Crippen LogP contribution < -0.4 is 0 Å². The first-order chi connectivity index (χ1) is 4.30. The van der Waals surface area contributed by atoms with Crippen LogP contribution in [0.1, 0.15) is 0 Å². The van der Waals surface area contributed by atoms with Gasteiger partial charge in [-0.05, 0) is 11.5 Å². The Morgan fingerprint density at radius 1 is 1.78 bits per heavy atom. The van der Waals surface area contributed by atoms with Crippen LogP contribution in [-0.2, 0) is 0 Å². The molecule has 0 atom stereocenters. The van der Waals surface area contributed by atoms with Gasteiger partial charge >= 0.3 is 6.09 Å². The average molecular weight is 144 g/mol. The normalized spacial score (nSPS) is 16.2. The van der Waals surface area contributed by atoms with Crippen molar-refractivity contribution in [3.05, 3.63) is 11.5 Å². The molecule has 0 radical (unpaired) electrons. The molecule has 9 heavy (non-hydrogen) atoms. The van der Waals surface area contributed by atoms with Gasteiger partial charge in [-0.3, -0.25) is 0 Å². The second-order valence-corrected chi connectivity index (χ2v) is 2.08. The number of hydrogen-bond donors (Lipinski definition) is 1. The van der Waals surface area contributed by atoms with Crippen molar-refractivity contribution in [2.24, 2.45) is 5.10 Å². The fraction of sp³-hybridized carbons (Fsp3) is 0. The molecule has 4 nitrogen and oxygen atoms in total. The van der Waals surface area contributed by atoms with E-state index in [0.717, 1.165) is 16.4 Å². The maximum atomic E-state index is 10.1. The molecule has 0 aromatic carbocycles. The topological polar surface area (TPSA) is 52.9 Å². The number of carboxylic acid groups (broad SMARTS) is 1. The second kappa shape index (κ2) is 2.54. The molecule has 5 heteroatoms. The molecular formula is C4H4N2O2S. The third-order valence-corrected chi connectivity index (χ3v) is 1.39. The van der Waals surface area contributed by atoms with Crippen LogP contribution in [0.25, 0.3) is 0 Å². The van der Waals surface area contributed by atoms with Crippen LogP contribution in [0.2, 0.25) is 0 Å². The van der Waals surface area contributed by atoms with Crippen molar-refractivity contribution < 1.29 is 9.90 Å². The summed E-state index contributed by atoms with van der Waals surface area (Å²) in [6, 6.07) is 0. The highest BCUT2D eigenvalue weighted by Crippen LogP contribution is 2.13. The average Bonchev–Trinajstić information content (AvgIpc) is 1.90. The summed E-state index contributed by atoms with van der Waals surface area (Å²) in [5, 5.41) is 13.4. The van der Waals surface area contributed by atoms with E-state index in [4.69, 9.17) is 5.11 Å². The molecule has 0 bridgehead atoms. The molecule has 0 spiro atoms. The summed E-state index contributed by atoms with van der Waals surface area (Å²) in [5.74, 6) is 0. The molecule has 1 heterocycles. The van der Waals surface area contributed by atoms with Gasteiger partial charge in [0.25, 0.3) is 0 Å². The first kappa shape index (κ1) is 6.15. The van der Waals surface area contributed by atoms with Gasteiger partial charge in [0.1, 0.15) is 0 Å². The standard InChI is InChI=1S/C4H4N2O2S/c7-4(8)6-5-2-1-3-9-6/h1-3H,(H,7,8). The largest absolute Gasteiger partial charge is 0.463 e. The van der Waals surface area contributed by atoms with Crippen molar-refractivity contribution in [1.82, 2.24) is 4.41 Å². The third kappa shape index (κ3) is 1.46. The van der Waals surface area contributed by atoms with Gasteiger partial charge in [-0.25, -0.2) is 4.79 Å². The van der Waals surface area contributed by atoms with E-state index >= 15 is 0 Å². The summed E-state index contributed by atoms with van der Waals surface area (Å²) in [5.41, 5.74) is 0. The highest BCUT2D eigenvalue weighted by molar-refractivity contribution is 8.00. The van der Waals surface area contributed by atoms with Gasteiger partial charge in [0.2, 0.25) is 0 Å². The zero-order valence-corrected chi connectivity index (χ0v) is 5.21. The van der Waals surface area contributed by atoms with Gasteiger partial charge in [-0.2, -0.15) is 5.10 Å². The van der Waals surface area contributed by atoms with Crippen LogP contribution in [-0.4, -0.2) is 21.8 Å². The van der Waals surface area contributed by atoms with Crippen molar-refractivity contribution in [2.45, 2.75) is 0 Å². The van der Waals surface area contributed by atoms with Crippen LogP contribution in [0.15, 0.2) is 16.6 Å². The summed E-state index contributed by atoms with van der Waals surface area (Å²) < 4.78 is 0.875. The Bertz CT molecular complexity index is 177. The number of allylic oxidation sites excluding steroid dienone is 1. The summed E-state index contributed by atoms with van der Waals surface area (Å²) in [6.07, 6.45) is 2.04. The minimum absolute atomic E-state index is 0.875. The van der Waals surface area contributed by atoms with Crippen molar-refractivity contribution in [3.63, 3.8) is 0 Å². The SMILES string of the molecule is O=C(O)N1N=CC=CS1. The van der Waals surface area contributed by atoms with Gasteiger partial charge in [-0.1, -0.05) is 0 Å². The number of rotatable bonds is 0. The van der Waals surface area contributed by atoms with Crippen LogP contribution >= 0.6 is 11.9 Å². The lowest BCUT2D eigenvalue weighted by atomic mass is 10.7. The molecule has 1 aliphatic rings. The van der Waals surface area contributed by atoms with Crippen molar-refractivity contribution in [2.75, 3.05) is 0 Å². The zero-order valence-electron chi connectivity index (χ0n) is 4.39. The first-order valence-corrected chi connectivity index (χ1v) is 3.03. The molecule has 48 valence electrons. The highest BCUT2D eigenvalue weighted by atomic mass is 32.2. The maximum Gasteiger partial charge on any atom is 0.438 e. The van der Waals surface area contributed by atoms with Crippen molar-refractivity contribution in [1.29, 1.82) is 0 Å². The zero-order chi connectivity index (χ0) is 6.69. The van der Waals surface area contributed by atoms with Crippen LogP contribution in [0.4, 0.5) is 4.79 Å². The summed E-state index contributed by atoms with van der Waals surface area (Å²) in [7, 11) is 0. The predicted octanol–water partition coefficient (Wildman–Crippen LogP) is 1.13. The fourth-order valence-electron chi connectivity index (χ4n) is 0.349. The first-order valence-electron chi connectivity index (χ1n) is 2.19. The Morgan fingerprint density at radius 3 is 2.89 bits per heavy atom. The van der Waals surface area contributed by atoms with Gasteiger partial charge in [-0.15, -0.1) is 4.41 Å². The van der Waals surface area contributed by atoms with E-state index < -0.39 is 6.09 Å². The second-order valence-electron chi connectivity index (χ2n) is 1.25. The van der Waals surface area contributed by atoms with E-state index in [9.17, 15) is 4.79 Å². The monoisotopic (exact) mass is 144 g/mol. The van der Waals surface area contributed by atoms with E-state index in [2.05, 4.69) is 5.10 Å². The van der Waals surface area contributed by atoms with Crippen LogP contribution in [0, 0.1) is 0 Å². The predicted molar refractivity (Wildman–Crippen MR) is 35.1 cm³/mol. The molecule has 0 saturated carbocycles. The smallest absolute Gasteiger partial charge is 0.438 e. The molecule has 0 saturated heterocycles. The van der Waals surface area contributed by atoms with Crippen molar-refractivity contribution in [3.8, 4) is 0 Å². The maximum absolute atomic E-state index is 10.1. The lowest BCUT2D eigenvalue weighted by Crippen LogP contribution is -2.16. The Morgan fingerprint density at radius 2 is 2.56 bits per heavy atom. The Kier molecular flexibility index (Phi) is 1.74. The number of nitrogens with zero attached hydrogens (tertiary/aromatic N) is 2. The lowest BCUT2D eigenvalue weighted by molar-refractivity contribution is 0.176. The van der Waals surface area contributed by atoms with E-state index in [1.54, 1.807) is 11.5 Å². The molecular weight excluding hydrogens is 140 g/mol. The van der Waals surface area contributed by atoms with E-state index in [1.165, 1.54) is 6.21 Å². The fourth-order valence-corrected chi connectivity index (χ4v) is 0.804. The molecule has 1 rings (SSSR count). The van der Waals surface area contributed by atoms with E-state index in [0.29, 0.717) is 0 Å². The van der Waals surface area contributed by atoms with E-state index in [1.807, 2.05) is 0 Å². The van der Waals surface area contributed by atoms with Gasteiger partial charge in [0.15, 0.2) is 0 Å². The Balaban J connectivity index is 2.56. The number of carbonyl (C=O) groups is 1. The van der Waals surface area contributed by atoms with Crippen LogP contribution in [0.3, 0.4) is 0 Å². The molecule has 0 unspecified atom stereocenters. The van der Waals surface area contributed by atoms with Crippen molar-refractivity contribution >= 4 is 24.3 Å². The number of amides is 1. The molecule has 1 N–H and O–H groups in total. The number of hydrazone groups is 1. The van der Waals surface area contributed by atoms with Gasteiger partial charge < -0.3 is 5.11 Å². The van der Waals surface area contributed by atoms with Gasteiger partial charge in [0, 0.05) is 18.2 Å². The number of hydrogen-bond acceptors (Lipinski definition) is 3. The molecule has 0 fully saturated rings. The summed E-state index contributed by atoms with van der Waals surface area (Å²) >= 11 is 1.03. The molecule has 1 amide bonds. The molecule has 0 aromatic rings. The molecule has 0 aromatic heterocycles. The third-order valence-electron chi connectivity index (χ3n) is 0.661. The minimum atomic E-state index is -1.06.